The first kappa shape index (κ1) is 16.0. The summed E-state index contributed by atoms with van der Waals surface area (Å²) in [6.45, 7) is 0.145. The number of hydrogen-bond acceptors (Lipinski definition) is 4. The maximum atomic E-state index is 12.0. The highest BCUT2D eigenvalue weighted by Gasteiger charge is 2.25. The lowest BCUT2D eigenvalue weighted by atomic mass is 10.1. The van der Waals surface area contributed by atoms with Crippen LogP contribution < -0.4 is 0 Å². The third-order valence-electron chi connectivity index (χ3n) is 3.40. The summed E-state index contributed by atoms with van der Waals surface area (Å²) in [7, 11) is 0. The number of oxime groups is 1. The Morgan fingerprint density at radius 1 is 1.26 bits per heavy atom. The van der Waals surface area contributed by atoms with Gasteiger partial charge in [-0.2, -0.15) is 0 Å². The quantitative estimate of drug-likeness (QED) is 0.720. The second-order valence-electron chi connectivity index (χ2n) is 5.05. The van der Waals surface area contributed by atoms with Gasteiger partial charge in [0.15, 0.2) is 6.10 Å². The summed E-state index contributed by atoms with van der Waals surface area (Å²) < 4.78 is 6.19. The minimum atomic E-state index is -0.382. The van der Waals surface area contributed by atoms with E-state index in [4.69, 9.17) is 21.2 Å². The van der Waals surface area contributed by atoms with Gasteiger partial charge in [-0.3, -0.25) is 0 Å². The van der Waals surface area contributed by atoms with Gasteiger partial charge in [-0.1, -0.05) is 50.9 Å². The maximum Gasteiger partial charge on any atom is 0.338 e. The number of carbonyl (C=O) groups excluding carboxylic acids is 1. The van der Waals surface area contributed by atoms with Gasteiger partial charge < -0.3 is 9.57 Å². The lowest BCUT2D eigenvalue weighted by Gasteiger charge is -2.09. The van der Waals surface area contributed by atoms with Crippen LogP contribution in [0.4, 0.5) is 0 Å². The molecule has 0 radical (unpaired) electrons. The zero-order chi connectivity index (χ0) is 16.2. The second kappa shape index (κ2) is 7.15. The molecule has 0 N–H and O–H groups in total. The molecule has 0 unspecified atom stereocenters. The van der Waals surface area contributed by atoms with Crippen molar-refractivity contribution in [2.45, 2.75) is 12.5 Å². The van der Waals surface area contributed by atoms with Crippen molar-refractivity contribution in [2.24, 2.45) is 5.16 Å². The molecule has 0 aromatic heterocycles. The van der Waals surface area contributed by atoms with E-state index in [1.807, 2.05) is 18.2 Å². The van der Waals surface area contributed by atoms with Crippen LogP contribution in [-0.2, 0) is 9.57 Å². The zero-order valence-electron chi connectivity index (χ0n) is 12.0. The molecule has 0 fully saturated rings. The van der Waals surface area contributed by atoms with Gasteiger partial charge in [-0.25, -0.2) is 4.79 Å². The van der Waals surface area contributed by atoms with E-state index in [-0.39, 0.29) is 18.7 Å². The molecule has 4 nitrogen and oxygen atoms in total. The third-order valence-corrected chi connectivity index (χ3v) is 4.26. The highest BCUT2D eigenvalue weighted by Crippen LogP contribution is 2.23. The molecule has 1 aliphatic heterocycles. The van der Waals surface area contributed by atoms with Crippen LogP contribution in [0.3, 0.4) is 0 Å². The number of halogens is 2. The average molecular weight is 395 g/mol. The van der Waals surface area contributed by atoms with Crippen molar-refractivity contribution in [2.75, 3.05) is 6.61 Å². The number of nitrogens with zero attached hydrogens (tertiary/aromatic N) is 1. The Labute approximate surface area is 147 Å². The Hall–Kier alpha value is -1.85. The standard InChI is InChI=1S/C17H13BrClNO3/c18-12-7-5-11(6-8-12)17(21)22-10-13-9-16(20-23-13)14-3-1-2-4-15(14)19/h1-8,13H,9-10H2/t13-/m0/s1. The van der Waals surface area contributed by atoms with Crippen LogP contribution in [0.5, 0.6) is 0 Å². The molecule has 0 saturated carbocycles. The minimum absolute atomic E-state index is 0.145. The fourth-order valence-corrected chi connectivity index (χ4v) is 2.72. The molecule has 2 aromatic rings. The molecular weight excluding hydrogens is 382 g/mol. The molecule has 1 aliphatic rings. The van der Waals surface area contributed by atoms with Crippen molar-refractivity contribution >= 4 is 39.2 Å². The summed E-state index contributed by atoms with van der Waals surface area (Å²) in [6.07, 6.45) is 0.262. The fourth-order valence-electron chi connectivity index (χ4n) is 2.21. The molecule has 6 heteroatoms. The highest BCUT2D eigenvalue weighted by molar-refractivity contribution is 9.10. The summed E-state index contributed by atoms with van der Waals surface area (Å²) in [5, 5.41) is 4.67. The predicted molar refractivity (Wildman–Crippen MR) is 91.9 cm³/mol. The van der Waals surface area contributed by atoms with Crippen LogP contribution in [-0.4, -0.2) is 24.4 Å². The van der Waals surface area contributed by atoms with Crippen LogP contribution in [0.1, 0.15) is 22.3 Å². The molecule has 1 heterocycles. The van der Waals surface area contributed by atoms with E-state index in [9.17, 15) is 4.79 Å². The lowest BCUT2D eigenvalue weighted by Crippen LogP contribution is -2.19. The van der Waals surface area contributed by atoms with Crippen molar-refractivity contribution < 1.29 is 14.4 Å². The monoisotopic (exact) mass is 393 g/mol. The SMILES string of the molecule is O=C(OC[C@@H]1CC(c2ccccc2Cl)=NO1)c1ccc(Br)cc1. The Bertz CT molecular complexity index is 746. The topological polar surface area (TPSA) is 47.9 Å². The Kier molecular flexibility index (Phi) is 4.98. The fraction of sp³-hybridized carbons (Fsp3) is 0.176. The smallest absolute Gasteiger partial charge is 0.338 e. The van der Waals surface area contributed by atoms with Gasteiger partial charge in [0.05, 0.1) is 11.3 Å². The van der Waals surface area contributed by atoms with Gasteiger partial charge in [-0.05, 0) is 30.3 Å². The Balaban J connectivity index is 1.54. The maximum absolute atomic E-state index is 12.0. The first-order valence-corrected chi connectivity index (χ1v) is 8.21. The third kappa shape index (κ3) is 3.92. The summed E-state index contributed by atoms with van der Waals surface area (Å²) in [5.41, 5.74) is 2.11. The largest absolute Gasteiger partial charge is 0.458 e. The molecule has 0 amide bonds. The Morgan fingerprint density at radius 3 is 2.74 bits per heavy atom. The molecule has 23 heavy (non-hydrogen) atoms. The van der Waals surface area contributed by atoms with Gasteiger partial charge in [0, 0.05) is 21.5 Å². The van der Waals surface area contributed by atoms with Gasteiger partial charge in [-0.15, -0.1) is 0 Å². The minimum Gasteiger partial charge on any atom is -0.458 e. The number of esters is 1. The van der Waals surface area contributed by atoms with E-state index in [1.165, 1.54) is 0 Å². The first-order valence-electron chi connectivity index (χ1n) is 7.04. The van der Waals surface area contributed by atoms with Crippen molar-refractivity contribution in [1.82, 2.24) is 0 Å². The summed E-state index contributed by atoms with van der Waals surface area (Å²) in [4.78, 5) is 17.3. The number of rotatable bonds is 4. The van der Waals surface area contributed by atoms with Crippen LogP contribution >= 0.6 is 27.5 Å². The zero-order valence-corrected chi connectivity index (χ0v) is 14.4. The summed E-state index contributed by atoms with van der Waals surface area (Å²) in [5.74, 6) is -0.382. The van der Waals surface area contributed by atoms with Gasteiger partial charge >= 0.3 is 5.97 Å². The number of hydrogen-bond donors (Lipinski definition) is 0. The number of benzene rings is 2. The molecule has 0 aliphatic carbocycles. The number of carbonyl (C=O) groups is 1. The summed E-state index contributed by atoms with van der Waals surface area (Å²) >= 11 is 9.47. The molecule has 3 rings (SSSR count). The Morgan fingerprint density at radius 2 is 2.00 bits per heavy atom. The molecular formula is C17H13BrClNO3. The molecule has 0 saturated heterocycles. The van der Waals surface area contributed by atoms with Crippen LogP contribution in [0.15, 0.2) is 58.2 Å². The van der Waals surface area contributed by atoms with Gasteiger partial charge in [0.2, 0.25) is 0 Å². The van der Waals surface area contributed by atoms with E-state index >= 15 is 0 Å². The van der Waals surface area contributed by atoms with Crippen LogP contribution in [0.25, 0.3) is 0 Å². The van der Waals surface area contributed by atoms with Crippen LogP contribution in [0, 0.1) is 0 Å². The van der Waals surface area contributed by atoms with E-state index < -0.39 is 0 Å². The molecule has 0 spiro atoms. The predicted octanol–water partition coefficient (Wildman–Crippen LogP) is 4.45. The average Bonchev–Trinajstić information content (AvgIpc) is 3.02. The van der Waals surface area contributed by atoms with E-state index in [1.54, 1.807) is 30.3 Å². The highest BCUT2D eigenvalue weighted by atomic mass is 79.9. The lowest BCUT2D eigenvalue weighted by molar-refractivity contribution is 0.00686. The first-order chi connectivity index (χ1) is 11.1. The summed E-state index contributed by atoms with van der Waals surface area (Å²) in [6, 6.07) is 14.4. The molecule has 118 valence electrons. The van der Waals surface area contributed by atoms with Crippen molar-refractivity contribution in [3.63, 3.8) is 0 Å². The second-order valence-corrected chi connectivity index (χ2v) is 6.38. The van der Waals surface area contributed by atoms with Crippen molar-refractivity contribution in [1.29, 1.82) is 0 Å². The molecule has 0 bridgehead atoms. The van der Waals surface area contributed by atoms with E-state index in [2.05, 4.69) is 21.1 Å². The van der Waals surface area contributed by atoms with Crippen molar-refractivity contribution in [3.05, 3.63) is 69.2 Å². The van der Waals surface area contributed by atoms with Crippen LogP contribution in [0.2, 0.25) is 5.02 Å². The van der Waals surface area contributed by atoms with E-state index in [0.29, 0.717) is 17.0 Å². The molecule has 1 atom stereocenters. The van der Waals surface area contributed by atoms with Crippen molar-refractivity contribution in [3.8, 4) is 0 Å². The van der Waals surface area contributed by atoms with Gasteiger partial charge in [0.1, 0.15) is 6.61 Å². The molecule has 2 aromatic carbocycles. The van der Waals surface area contributed by atoms with Gasteiger partial charge in [0.25, 0.3) is 0 Å². The normalized spacial score (nSPS) is 16.6. The van der Waals surface area contributed by atoms with E-state index in [0.717, 1.165) is 15.7 Å². The number of ether oxygens (including phenoxy) is 1.